The number of aromatic nitrogens is 1. The summed E-state index contributed by atoms with van der Waals surface area (Å²) in [5.74, 6) is 0.681. The van der Waals surface area contributed by atoms with Crippen LogP contribution >= 0.6 is 0 Å². The Morgan fingerprint density at radius 2 is 2.28 bits per heavy atom. The van der Waals surface area contributed by atoms with E-state index in [4.69, 9.17) is 4.52 Å². The maximum absolute atomic E-state index is 12.4. The Morgan fingerprint density at radius 1 is 1.56 bits per heavy atom. The Balaban J connectivity index is 2.10. The minimum atomic E-state index is 0.000556. The van der Waals surface area contributed by atoms with Crippen LogP contribution in [0.3, 0.4) is 0 Å². The molecule has 0 unspecified atom stereocenters. The quantitative estimate of drug-likeness (QED) is 0.882. The van der Waals surface area contributed by atoms with Crippen molar-refractivity contribution < 1.29 is 9.32 Å². The Bertz CT molecular complexity index is 397. The first-order valence-electron chi connectivity index (χ1n) is 6.67. The third-order valence-corrected chi connectivity index (χ3v) is 3.32. The summed E-state index contributed by atoms with van der Waals surface area (Å²) >= 11 is 0. The molecule has 2 heterocycles. The smallest absolute Gasteiger partial charge is 0.276 e. The molecule has 0 saturated carbocycles. The molecule has 0 aliphatic carbocycles. The van der Waals surface area contributed by atoms with E-state index < -0.39 is 0 Å². The number of hydrogen-bond donors (Lipinski definition) is 1. The maximum atomic E-state index is 12.4. The molecular formula is C13H21N3O2. The van der Waals surface area contributed by atoms with Crippen molar-refractivity contribution in [3.63, 3.8) is 0 Å². The van der Waals surface area contributed by atoms with Gasteiger partial charge in [0, 0.05) is 18.7 Å². The standard InChI is InChI=1S/C13H21N3O2/c1-3-8-16(11-4-6-14-7-5-11)13(17)12-9-10(2)18-15-12/h9,11,14H,3-8H2,1-2H3. The summed E-state index contributed by atoms with van der Waals surface area (Å²) in [6, 6.07) is 2.04. The van der Waals surface area contributed by atoms with Gasteiger partial charge in [-0.05, 0) is 39.3 Å². The largest absolute Gasteiger partial charge is 0.361 e. The predicted octanol–water partition coefficient (Wildman–Crippen LogP) is 1.59. The number of carbonyl (C=O) groups excluding carboxylic acids is 1. The minimum absolute atomic E-state index is 0.000556. The molecule has 1 fully saturated rings. The Hall–Kier alpha value is -1.36. The van der Waals surface area contributed by atoms with Gasteiger partial charge in [0.1, 0.15) is 5.76 Å². The van der Waals surface area contributed by atoms with Crippen LogP contribution in [0, 0.1) is 6.92 Å². The fourth-order valence-electron chi connectivity index (χ4n) is 2.42. The van der Waals surface area contributed by atoms with Crippen molar-refractivity contribution in [3.05, 3.63) is 17.5 Å². The molecule has 0 spiro atoms. The van der Waals surface area contributed by atoms with E-state index >= 15 is 0 Å². The van der Waals surface area contributed by atoms with Gasteiger partial charge in [0.25, 0.3) is 5.91 Å². The highest BCUT2D eigenvalue weighted by Crippen LogP contribution is 2.16. The average Bonchev–Trinajstić information content (AvgIpc) is 2.83. The van der Waals surface area contributed by atoms with Crippen LogP contribution in [-0.2, 0) is 0 Å². The summed E-state index contributed by atoms with van der Waals surface area (Å²) in [7, 11) is 0. The molecule has 1 aromatic heterocycles. The highest BCUT2D eigenvalue weighted by molar-refractivity contribution is 5.92. The second-order valence-corrected chi connectivity index (χ2v) is 4.80. The number of amides is 1. The SMILES string of the molecule is CCCN(C(=O)c1cc(C)on1)C1CCNCC1. The topological polar surface area (TPSA) is 58.4 Å². The summed E-state index contributed by atoms with van der Waals surface area (Å²) in [6.45, 7) is 6.65. The lowest BCUT2D eigenvalue weighted by atomic mass is 10.0. The molecule has 0 radical (unpaired) electrons. The van der Waals surface area contributed by atoms with Crippen molar-refractivity contribution in [2.24, 2.45) is 0 Å². The zero-order chi connectivity index (χ0) is 13.0. The van der Waals surface area contributed by atoms with Gasteiger partial charge in [-0.25, -0.2) is 0 Å². The monoisotopic (exact) mass is 251 g/mol. The van der Waals surface area contributed by atoms with E-state index in [-0.39, 0.29) is 5.91 Å². The third-order valence-electron chi connectivity index (χ3n) is 3.32. The Morgan fingerprint density at radius 3 is 2.83 bits per heavy atom. The molecule has 5 heteroatoms. The first-order valence-corrected chi connectivity index (χ1v) is 6.67. The van der Waals surface area contributed by atoms with Crippen molar-refractivity contribution in [3.8, 4) is 0 Å². The first kappa shape index (κ1) is 13.1. The van der Waals surface area contributed by atoms with Crippen LogP contribution in [-0.4, -0.2) is 41.6 Å². The molecule has 0 bridgehead atoms. The Kier molecular flexibility index (Phi) is 4.36. The molecule has 100 valence electrons. The summed E-state index contributed by atoms with van der Waals surface area (Å²) in [5.41, 5.74) is 0.430. The lowest BCUT2D eigenvalue weighted by Crippen LogP contribution is -2.46. The summed E-state index contributed by atoms with van der Waals surface area (Å²) in [6.07, 6.45) is 3.00. The molecule has 1 saturated heterocycles. The predicted molar refractivity (Wildman–Crippen MR) is 68.5 cm³/mol. The highest BCUT2D eigenvalue weighted by atomic mass is 16.5. The van der Waals surface area contributed by atoms with Gasteiger partial charge in [-0.1, -0.05) is 12.1 Å². The van der Waals surface area contributed by atoms with Crippen LogP contribution in [0.15, 0.2) is 10.6 Å². The van der Waals surface area contributed by atoms with Gasteiger partial charge in [-0.15, -0.1) is 0 Å². The van der Waals surface area contributed by atoms with Crippen molar-refractivity contribution >= 4 is 5.91 Å². The van der Waals surface area contributed by atoms with Crippen LogP contribution in [0.4, 0.5) is 0 Å². The zero-order valence-electron chi connectivity index (χ0n) is 11.1. The molecule has 1 aliphatic heterocycles. The molecule has 18 heavy (non-hydrogen) atoms. The molecule has 1 aliphatic rings. The molecule has 1 N–H and O–H groups in total. The highest BCUT2D eigenvalue weighted by Gasteiger charge is 2.27. The van der Waals surface area contributed by atoms with Crippen LogP contribution in [0.5, 0.6) is 0 Å². The van der Waals surface area contributed by atoms with Gasteiger partial charge < -0.3 is 14.7 Å². The van der Waals surface area contributed by atoms with Crippen LogP contribution in [0.25, 0.3) is 0 Å². The second-order valence-electron chi connectivity index (χ2n) is 4.80. The molecule has 2 rings (SSSR count). The Labute approximate surface area is 108 Å². The van der Waals surface area contributed by atoms with Crippen molar-refractivity contribution in [2.45, 2.75) is 39.2 Å². The molecular weight excluding hydrogens is 230 g/mol. The molecule has 1 aromatic rings. The van der Waals surface area contributed by atoms with Crippen molar-refractivity contribution in [1.29, 1.82) is 0 Å². The lowest BCUT2D eigenvalue weighted by Gasteiger charge is -2.34. The third kappa shape index (κ3) is 2.90. The van der Waals surface area contributed by atoms with Gasteiger partial charge in [0.15, 0.2) is 5.69 Å². The van der Waals surface area contributed by atoms with Gasteiger partial charge in [-0.2, -0.15) is 0 Å². The number of rotatable bonds is 4. The number of hydrogen-bond acceptors (Lipinski definition) is 4. The molecule has 0 atom stereocenters. The van der Waals surface area contributed by atoms with Gasteiger partial charge in [-0.3, -0.25) is 4.79 Å². The summed E-state index contributed by atoms with van der Waals surface area (Å²) in [5, 5.41) is 7.15. The number of aryl methyl sites for hydroxylation is 1. The fraction of sp³-hybridized carbons (Fsp3) is 0.692. The number of nitrogens with one attached hydrogen (secondary N) is 1. The summed E-state index contributed by atoms with van der Waals surface area (Å²) in [4.78, 5) is 14.4. The second kappa shape index (κ2) is 6.00. The maximum Gasteiger partial charge on any atom is 0.276 e. The van der Waals surface area contributed by atoms with E-state index in [0.29, 0.717) is 17.5 Å². The van der Waals surface area contributed by atoms with Crippen molar-refractivity contribution in [1.82, 2.24) is 15.4 Å². The van der Waals surface area contributed by atoms with E-state index in [9.17, 15) is 4.79 Å². The lowest BCUT2D eigenvalue weighted by molar-refractivity contribution is 0.0632. The minimum Gasteiger partial charge on any atom is -0.361 e. The van der Waals surface area contributed by atoms with Crippen molar-refractivity contribution in [2.75, 3.05) is 19.6 Å². The summed E-state index contributed by atoms with van der Waals surface area (Å²) < 4.78 is 4.99. The number of nitrogens with zero attached hydrogens (tertiary/aromatic N) is 2. The normalized spacial score (nSPS) is 16.8. The average molecular weight is 251 g/mol. The molecule has 0 aromatic carbocycles. The van der Waals surface area contributed by atoms with Crippen LogP contribution in [0.2, 0.25) is 0 Å². The van der Waals surface area contributed by atoms with Gasteiger partial charge in [0.2, 0.25) is 0 Å². The van der Waals surface area contributed by atoms with Gasteiger partial charge >= 0.3 is 0 Å². The van der Waals surface area contributed by atoms with E-state index in [1.165, 1.54) is 0 Å². The van der Waals surface area contributed by atoms with Crippen LogP contribution < -0.4 is 5.32 Å². The zero-order valence-corrected chi connectivity index (χ0v) is 11.1. The van der Waals surface area contributed by atoms with E-state index in [1.807, 2.05) is 4.90 Å². The van der Waals surface area contributed by atoms with E-state index in [0.717, 1.165) is 38.9 Å². The van der Waals surface area contributed by atoms with Gasteiger partial charge in [0.05, 0.1) is 0 Å². The number of carbonyl (C=O) groups is 1. The van der Waals surface area contributed by atoms with E-state index in [1.54, 1.807) is 13.0 Å². The first-order chi connectivity index (χ1) is 8.72. The fourth-order valence-corrected chi connectivity index (χ4v) is 2.42. The number of piperidine rings is 1. The van der Waals surface area contributed by atoms with Crippen LogP contribution in [0.1, 0.15) is 42.4 Å². The molecule has 1 amide bonds. The van der Waals surface area contributed by atoms with E-state index in [2.05, 4.69) is 17.4 Å². The molecule has 5 nitrogen and oxygen atoms in total.